The number of carbonyl (C=O) groups excluding carboxylic acids is 1. The van der Waals surface area contributed by atoms with Gasteiger partial charge in [-0.15, -0.1) is 0 Å². The number of nitrogens with one attached hydrogen (secondary N) is 1. The molecule has 1 fully saturated rings. The highest BCUT2D eigenvalue weighted by atomic mass is 35.5. The Morgan fingerprint density at radius 2 is 1.96 bits per heavy atom. The van der Waals surface area contributed by atoms with Crippen molar-refractivity contribution >= 4 is 33.6 Å². The molecule has 3 rings (SSSR count). The van der Waals surface area contributed by atoms with Crippen molar-refractivity contribution in [3.63, 3.8) is 0 Å². The first kappa shape index (κ1) is 20.5. The second kappa shape index (κ2) is 9.32. The lowest BCUT2D eigenvalue weighted by Gasteiger charge is -2.31. The van der Waals surface area contributed by atoms with E-state index < -0.39 is 10.0 Å². The molecule has 148 valence electrons. The minimum Gasteiger partial charge on any atom is -0.352 e. The molecule has 2 heterocycles. The van der Waals surface area contributed by atoms with Crippen molar-refractivity contribution in [2.24, 2.45) is 5.92 Å². The maximum absolute atomic E-state index is 12.6. The van der Waals surface area contributed by atoms with Crippen molar-refractivity contribution in [2.45, 2.75) is 17.7 Å². The maximum atomic E-state index is 12.6. The topological polar surface area (TPSA) is 79.4 Å². The van der Waals surface area contributed by atoms with Crippen LogP contribution in [0, 0.1) is 5.92 Å². The predicted octanol–water partition coefficient (Wildman–Crippen LogP) is 2.97. The van der Waals surface area contributed by atoms with Crippen molar-refractivity contribution in [3.05, 3.63) is 65.5 Å². The van der Waals surface area contributed by atoms with E-state index in [1.165, 1.54) is 16.6 Å². The molecule has 0 atom stereocenters. The second-order valence-electron chi connectivity index (χ2n) is 6.64. The van der Waals surface area contributed by atoms with Gasteiger partial charge in [0.05, 0.1) is 0 Å². The number of aromatic nitrogens is 1. The number of benzene rings is 1. The molecule has 1 N–H and O–H groups in total. The standard InChI is InChI=1S/C20H22ClN3O3S/c21-19-6-2-1-4-17(19)7-8-20(25)23-14-16-9-12-24(13-10-16)28(26,27)18-5-3-11-22-15-18/h1-8,11,15-16H,9-10,12-14H2,(H,23,25)/b8-7+. The van der Waals surface area contributed by atoms with Crippen molar-refractivity contribution in [3.8, 4) is 0 Å². The molecule has 8 heteroatoms. The van der Waals surface area contributed by atoms with Gasteiger partial charge in [0.1, 0.15) is 4.90 Å². The summed E-state index contributed by atoms with van der Waals surface area (Å²) in [5, 5.41) is 3.47. The molecular weight excluding hydrogens is 398 g/mol. The lowest BCUT2D eigenvalue weighted by atomic mass is 9.98. The summed E-state index contributed by atoms with van der Waals surface area (Å²) in [5.41, 5.74) is 0.785. The fourth-order valence-electron chi connectivity index (χ4n) is 3.08. The second-order valence-corrected chi connectivity index (χ2v) is 8.98. The van der Waals surface area contributed by atoms with E-state index in [9.17, 15) is 13.2 Å². The number of halogens is 1. The number of pyridine rings is 1. The minimum atomic E-state index is -3.50. The summed E-state index contributed by atoms with van der Waals surface area (Å²) in [6.07, 6.45) is 7.47. The van der Waals surface area contributed by atoms with Crippen molar-refractivity contribution in [1.82, 2.24) is 14.6 Å². The number of piperidine rings is 1. The molecule has 0 radical (unpaired) electrons. The maximum Gasteiger partial charge on any atom is 0.244 e. The molecule has 6 nitrogen and oxygen atoms in total. The summed E-state index contributed by atoms with van der Waals surface area (Å²) in [5.74, 6) is 0.0587. The zero-order valence-electron chi connectivity index (χ0n) is 15.3. The first-order valence-corrected chi connectivity index (χ1v) is 10.9. The van der Waals surface area contributed by atoms with Gasteiger partial charge >= 0.3 is 0 Å². The highest BCUT2D eigenvalue weighted by Gasteiger charge is 2.29. The summed E-state index contributed by atoms with van der Waals surface area (Å²) >= 11 is 6.06. The van der Waals surface area contributed by atoms with Crippen LogP contribution in [0.25, 0.3) is 6.08 Å². The third kappa shape index (κ3) is 5.19. The molecule has 28 heavy (non-hydrogen) atoms. The minimum absolute atomic E-state index is 0.190. The number of rotatable bonds is 6. The largest absolute Gasteiger partial charge is 0.352 e. The summed E-state index contributed by atoms with van der Waals surface area (Å²) in [4.78, 5) is 16.1. The molecule has 1 aliphatic rings. The van der Waals surface area contributed by atoms with Gasteiger partial charge in [0.15, 0.2) is 0 Å². The van der Waals surface area contributed by atoms with Crippen LogP contribution in [-0.2, 0) is 14.8 Å². The van der Waals surface area contributed by atoms with E-state index >= 15 is 0 Å². The average Bonchev–Trinajstić information content (AvgIpc) is 2.72. The van der Waals surface area contributed by atoms with E-state index in [-0.39, 0.29) is 16.7 Å². The van der Waals surface area contributed by atoms with E-state index in [1.807, 2.05) is 18.2 Å². The van der Waals surface area contributed by atoms with Gasteiger partial charge in [-0.3, -0.25) is 9.78 Å². The molecule has 1 saturated heterocycles. The number of carbonyl (C=O) groups is 1. The fourth-order valence-corrected chi connectivity index (χ4v) is 4.72. The molecule has 0 spiro atoms. The van der Waals surface area contributed by atoms with Crippen LogP contribution in [0.15, 0.2) is 59.8 Å². The lowest BCUT2D eigenvalue weighted by Crippen LogP contribution is -2.41. The number of amides is 1. The smallest absolute Gasteiger partial charge is 0.244 e. The van der Waals surface area contributed by atoms with E-state index in [2.05, 4.69) is 10.3 Å². The van der Waals surface area contributed by atoms with Crippen molar-refractivity contribution in [2.75, 3.05) is 19.6 Å². The van der Waals surface area contributed by atoms with Crippen molar-refractivity contribution < 1.29 is 13.2 Å². The van der Waals surface area contributed by atoms with Gasteiger partial charge in [-0.1, -0.05) is 29.8 Å². The Hall–Kier alpha value is -2.22. The normalized spacial score (nSPS) is 16.3. The van der Waals surface area contributed by atoms with E-state index in [0.717, 1.165) is 5.56 Å². The van der Waals surface area contributed by atoms with E-state index in [0.29, 0.717) is 37.5 Å². The quantitative estimate of drug-likeness (QED) is 0.730. The van der Waals surface area contributed by atoms with Crippen LogP contribution in [0.3, 0.4) is 0 Å². The molecule has 0 aliphatic carbocycles. The van der Waals surface area contributed by atoms with Crippen LogP contribution in [0.4, 0.5) is 0 Å². The molecule has 0 bridgehead atoms. The summed E-state index contributed by atoms with van der Waals surface area (Å²) in [7, 11) is -3.50. The first-order valence-electron chi connectivity index (χ1n) is 9.07. The molecule has 1 amide bonds. The Morgan fingerprint density at radius 3 is 2.64 bits per heavy atom. The van der Waals surface area contributed by atoms with Crippen LogP contribution in [0.2, 0.25) is 5.02 Å². The van der Waals surface area contributed by atoms with Crippen LogP contribution >= 0.6 is 11.6 Å². The first-order chi connectivity index (χ1) is 13.5. The Morgan fingerprint density at radius 1 is 1.21 bits per heavy atom. The van der Waals surface area contributed by atoms with Crippen LogP contribution in [-0.4, -0.2) is 43.2 Å². The van der Waals surface area contributed by atoms with Gasteiger partial charge in [0, 0.05) is 43.1 Å². The lowest BCUT2D eigenvalue weighted by molar-refractivity contribution is -0.116. The number of hydrogen-bond donors (Lipinski definition) is 1. The van der Waals surface area contributed by atoms with E-state index in [1.54, 1.807) is 30.5 Å². The molecule has 1 aromatic heterocycles. The Kier molecular flexibility index (Phi) is 6.83. The predicted molar refractivity (Wildman–Crippen MR) is 109 cm³/mol. The van der Waals surface area contributed by atoms with Crippen LogP contribution < -0.4 is 5.32 Å². The summed E-state index contributed by atoms with van der Waals surface area (Å²) in [6, 6.07) is 10.5. The number of nitrogens with zero attached hydrogens (tertiary/aromatic N) is 2. The SMILES string of the molecule is O=C(/C=C/c1ccccc1Cl)NCC1CCN(S(=O)(=O)c2cccnc2)CC1. The van der Waals surface area contributed by atoms with Gasteiger partial charge in [-0.05, 0) is 48.6 Å². The summed E-state index contributed by atoms with van der Waals surface area (Å²) in [6.45, 7) is 1.40. The summed E-state index contributed by atoms with van der Waals surface area (Å²) < 4.78 is 26.7. The van der Waals surface area contributed by atoms with Crippen molar-refractivity contribution in [1.29, 1.82) is 0 Å². The third-order valence-corrected chi connectivity index (χ3v) is 6.96. The highest BCUT2D eigenvalue weighted by Crippen LogP contribution is 2.23. The molecule has 0 unspecified atom stereocenters. The Balaban J connectivity index is 1.47. The van der Waals surface area contributed by atoms with Crippen LogP contribution in [0.5, 0.6) is 0 Å². The number of sulfonamides is 1. The average molecular weight is 420 g/mol. The molecule has 1 aromatic carbocycles. The van der Waals surface area contributed by atoms with Gasteiger partial charge in [0.2, 0.25) is 15.9 Å². The third-order valence-electron chi connectivity index (χ3n) is 4.73. The Labute approximate surface area is 170 Å². The molecular formula is C20H22ClN3O3S. The fraction of sp³-hybridized carbons (Fsp3) is 0.300. The van der Waals surface area contributed by atoms with Gasteiger partial charge in [0.25, 0.3) is 0 Å². The molecule has 0 saturated carbocycles. The van der Waals surface area contributed by atoms with Gasteiger partial charge in [-0.2, -0.15) is 4.31 Å². The monoisotopic (exact) mass is 419 g/mol. The van der Waals surface area contributed by atoms with E-state index in [4.69, 9.17) is 11.6 Å². The number of hydrogen-bond acceptors (Lipinski definition) is 4. The zero-order chi connectivity index (χ0) is 20.0. The van der Waals surface area contributed by atoms with Gasteiger partial charge in [-0.25, -0.2) is 8.42 Å². The highest BCUT2D eigenvalue weighted by molar-refractivity contribution is 7.89. The molecule has 2 aromatic rings. The van der Waals surface area contributed by atoms with Crippen LogP contribution in [0.1, 0.15) is 18.4 Å². The van der Waals surface area contributed by atoms with Gasteiger partial charge < -0.3 is 5.32 Å². The molecule has 1 aliphatic heterocycles. The zero-order valence-corrected chi connectivity index (χ0v) is 16.9. The Bertz CT molecular complexity index is 940.